The van der Waals surface area contributed by atoms with Crippen molar-refractivity contribution in [2.75, 3.05) is 39.5 Å². The second-order valence-corrected chi connectivity index (χ2v) is 3.94. The number of hydrogen-bond donors (Lipinski definition) is 3. The van der Waals surface area contributed by atoms with Gasteiger partial charge < -0.3 is 25.0 Å². The van der Waals surface area contributed by atoms with Gasteiger partial charge in [0.05, 0.1) is 19.8 Å². The minimum absolute atomic E-state index is 0.000888. The second-order valence-electron chi connectivity index (χ2n) is 3.94. The summed E-state index contributed by atoms with van der Waals surface area (Å²) in [5.74, 6) is -0.312. The minimum atomic E-state index is -0.725. The Bertz CT molecular complexity index is 351. The number of rotatable bonds is 10. The highest BCUT2D eigenvalue weighted by Crippen LogP contribution is 2.15. The molecule has 0 aliphatic rings. The molecule has 0 saturated heterocycles. The smallest absolute Gasteiger partial charge is 0.165 e. The average Bonchev–Trinajstić information content (AvgIpc) is 2.42. The zero-order valence-corrected chi connectivity index (χ0v) is 10.7. The fourth-order valence-electron chi connectivity index (χ4n) is 1.39. The van der Waals surface area contributed by atoms with E-state index in [0.717, 1.165) is 0 Å². The van der Waals surface area contributed by atoms with Crippen molar-refractivity contribution in [2.24, 2.45) is 0 Å². The molecular weight excluding hydrogens is 253 g/mol. The molecule has 0 heterocycles. The van der Waals surface area contributed by atoms with Crippen molar-refractivity contribution in [1.82, 2.24) is 5.32 Å². The normalized spacial score (nSPS) is 12.4. The molecule has 6 heteroatoms. The quantitative estimate of drug-likeness (QED) is 0.530. The average molecular weight is 273 g/mol. The monoisotopic (exact) mass is 273 g/mol. The van der Waals surface area contributed by atoms with Gasteiger partial charge in [-0.1, -0.05) is 12.1 Å². The molecule has 0 saturated carbocycles. The molecule has 108 valence electrons. The molecular formula is C13H20FNO4. The molecule has 19 heavy (non-hydrogen) atoms. The van der Waals surface area contributed by atoms with E-state index in [1.165, 1.54) is 12.1 Å². The van der Waals surface area contributed by atoms with Crippen LogP contribution in [-0.4, -0.2) is 55.8 Å². The van der Waals surface area contributed by atoms with Crippen LogP contribution < -0.4 is 10.1 Å². The van der Waals surface area contributed by atoms with E-state index in [1.807, 2.05) is 0 Å². The van der Waals surface area contributed by atoms with E-state index in [0.29, 0.717) is 26.3 Å². The first-order valence-corrected chi connectivity index (χ1v) is 6.18. The summed E-state index contributed by atoms with van der Waals surface area (Å²) in [4.78, 5) is 0. The molecule has 3 N–H and O–H groups in total. The Morgan fingerprint density at radius 3 is 2.79 bits per heavy atom. The van der Waals surface area contributed by atoms with Crippen molar-refractivity contribution in [3.05, 3.63) is 30.1 Å². The molecule has 1 aromatic carbocycles. The Morgan fingerprint density at radius 2 is 2.05 bits per heavy atom. The van der Waals surface area contributed by atoms with E-state index in [1.54, 1.807) is 12.1 Å². The maximum Gasteiger partial charge on any atom is 0.165 e. The molecule has 0 unspecified atom stereocenters. The maximum absolute atomic E-state index is 13.2. The summed E-state index contributed by atoms with van der Waals surface area (Å²) in [5.41, 5.74) is 0. The van der Waals surface area contributed by atoms with Gasteiger partial charge in [-0.2, -0.15) is 0 Å². The van der Waals surface area contributed by atoms with Gasteiger partial charge in [-0.25, -0.2) is 4.39 Å². The molecule has 0 aliphatic carbocycles. The summed E-state index contributed by atoms with van der Waals surface area (Å²) in [7, 11) is 0. The van der Waals surface area contributed by atoms with Gasteiger partial charge >= 0.3 is 0 Å². The highest BCUT2D eigenvalue weighted by Gasteiger charge is 2.07. The molecule has 0 bridgehead atoms. The molecule has 0 radical (unpaired) electrons. The fraction of sp³-hybridized carbons (Fsp3) is 0.538. The number of benzene rings is 1. The lowest BCUT2D eigenvalue weighted by Crippen LogP contribution is -2.33. The highest BCUT2D eigenvalue weighted by atomic mass is 19.1. The molecule has 1 rings (SSSR count). The first kappa shape index (κ1) is 15.8. The molecule has 1 aromatic rings. The van der Waals surface area contributed by atoms with E-state index in [-0.39, 0.29) is 19.0 Å². The standard InChI is InChI=1S/C13H20FNO4/c14-12-3-1-2-4-13(12)19-10-11(17)9-15-5-7-18-8-6-16/h1-4,11,15-17H,5-10H2/t11-/m0/s1. The van der Waals surface area contributed by atoms with Crippen molar-refractivity contribution in [1.29, 1.82) is 0 Å². The Morgan fingerprint density at radius 1 is 1.26 bits per heavy atom. The Balaban J connectivity index is 2.08. The molecule has 0 aromatic heterocycles. The summed E-state index contributed by atoms with van der Waals surface area (Å²) in [6.07, 6.45) is -0.725. The third-order valence-corrected chi connectivity index (χ3v) is 2.31. The third kappa shape index (κ3) is 7.07. The zero-order chi connectivity index (χ0) is 13.9. The molecule has 5 nitrogen and oxygen atoms in total. The van der Waals surface area contributed by atoms with Crippen LogP contribution in [0, 0.1) is 5.82 Å². The predicted octanol–water partition coefficient (Wildman–Crippen LogP) is 0.164. The van der Waals surface area contributed by atoms with Gasteiger partial charge in [0.1, 0.15) is 12.7 Å². The van der Waals surface area contributed by atoms with E-state index in [4.69, 9.17) is 14.6 Å². The molecule has 0 amide bonds. The molecule has 0 spiro atoms. The van der Waals surface area contributed by atoms with E-state index < -0.39 is 11.9 Å². The maximum atomic E-state index is 13.2. The summed E-state index contributed by atoms with van der Waals surface area (Å²) in [5, 5.41) is 21.1. The SMILES string of the molecule is OCCOCCNC[C@H](O)COc1ccccc1F. The van der Waals surface area contributed by atoms with Crippen molar-refractivity contribution >= 4 is 0 Å². The zero-order valence-electron chi connectivity index (χ0n) is 10.7. The lowest BCUT2D eigenvalue weighted by molar-refractivity contribution is 0.0836. The van der Waals surface area contributed by atoms with Crippen LogP contribution in [0.5, 0.6) is 5.75 Å². The Labute approximate surface area is 112 Å². The fourth-order valence-corrected chi connectivity index (χ4v) is 1.39. The van der Waals surface area contributed by atoms with Gasteiger partial charge in [-0.3, -0.25) is 0 Å². The molecule has 0 fully saturated rings. The van der Waals surface area contributed by atoms with Crippen molar-refractivity contribution in [3.8, 4) is 5.75 Å². The van der Waals surface area contributed by atoms with Gasteiger partial charge in [0.25, 0.3) is 0 Å². The number of ether oxygens (including phenoxy) is 2. The second kappa shape index (κ2) is 9.69. The topological polar surface area (TPSA) is 71.0 Å². The largest absolute Gasteiger partial charge is 0.488 e. The van der Waals surface area contributed by atoms with Crippen LogP contribution in [0.15, 0.2) is 24.3 Å². The Kier molecular flexibility index (Phi) is 8.08. The number of aliphatic hydroxyl groups excluding tert-OH is 2. The van der Waals surface area contributed by atoms with Gasteiger partial charge in [0.15, 0.2) is 11.6 Å². The van der Waals surface area contributed by atoms with Gasteiger partial charge in [0.2, 0.25) is 0 Å². The lowest BCUT2D eigenvalue weighted by Gasteiger charge is -2.13. The van der Waals surface area contributed by atoms with Crippen LogP contribution in [0.3, 0.4) is 0 Å². The first-order valence-electron chi connectivity index (χ1n) is 6.18. The number of nitrogens with one attached hydrogen (secondary N) is 1. The van der Waals surface area contributed by atoms with Crippen LogP contribution >= 0.6 is 0 Å². The number of hydrogen-bond acceptors (Lipinski definition) is 5. The van der Waals surface area contributed by atoms with Gasteiger partial charge in [-0.15, -0.1) is 0 Å². The minimum Gasteiger partial charge on any atom is -0.488 e. The van der Waals surface area contributed by atoms with Crippen molar-refractivity contribution < 1.29 is 24.1 Å². The van der Waals surface area contributed by atoms with Crippen molar-refractivity contribution in [2.45, 2.75) is 6.10 Å². The summed E-state index contributed by atoms with van der Waals surface area (Å²) < 4.78 is 23.4. The summed E-state index contributed by atoms with van der Waals surface area (Å²) >= 11 is 0. The van der Waals surface area contributed by atoms with Crippen LogP contribution in [0.2, 0.25) is 0 Å². The summed E-state index contributed by atoms with van der Waals surface area (Å²) in [6, 6.07) is 6.06. The predicted molar refractivity (Wildman–Crippen MR) is 68.7 cm³/mol. The van der Waals surface area contributed by atoms with E-state index in [2.05, 4.69) is 5.32 Å². The van der Waals surface area contributed by atoms with Crippen LogP contribution in [0.1, 0.15) is 0 Å². The molecule has 1 atom stereocenters. The first-order chi connectivity index (χ1) is 9.24. The summed E-state index contributed by atoms with van der Waals surface area (Å²) in [6.45, 7) is 1.68. The number of aliphatic hydroxyl groups is 2. The van der Waals surface area contributed by atoms with Gasteiger partial charge in [-0.05, 0) is 12.1 Å². The van der Waals surface area contributed by atoms with Gasteiger partial charge in [0, 0.05) is 13.1 Å². The number of halogens is 1. The Hall–Kier alpha value is -1.21. The lowest BCUT2D eigenvalue weighted by atomic mass is 10.3. The van der Waals surface area contributed by atoms with E-state index >= 15 is 0 Å². The highest BCUT2D eigenvalue weighted by molar-refractivity contribution is 5.23. The third-order valence-electron chi connectivity index (χ3n) is 2.31. The van der Waals surface area contributed by atoms with Crippen LogP contribution in [0.4, 0.5) is 4.39 Å². The van der Waals surface area contributed by atoms with Crippen LogP contribution in [-0.2, 0) is 4.74 Å². The van der Waals surface area contributed by atoms with Crippen molar-refractivity contribution in [3.63, 3.8) is 0 Å². The van der Waals surface area contributed by atoms with E-state index in [9.17, 15) is 9.50 Å². The molecule has 0 aliphatic heterocycles. The van der Waals surface area contributed by atoms with Crippen LogP contribution in [0.25, 0.3) is 0 Å². The number of para-hydroxylation sites is 1.